The van der Waals surface area contributed by atoms with E-state index in [0.29, 0.717) is 6.04 Å². The zero-order chi connectivity index (χ0) is 14.9. The van der Waals surface area contributed by atoms with Gasteiger partial charge in [0.05, 0.1) is 24.4 Å². The van der Waals surface area contributed by atoms with Crippen LogP contribution < -0.4 is 0 Å². The average Bonchev–Trinajstić information content (AvgIpc) is 3.25. The third-order valence-corrected chi connectivity index (χ3v) is 4.50. The molecule has 0 spiro atoms. The number of ether oxygens (including phenoxy) is 1. The van der Waals surface area contributed by atoms with Gasteiger partial charge in [-0.3, -0.25) is 9.58 Å². The lowest BCUT2D eigenvalue weighted by Crippen LogP contribution is -2.42. The molecule has 1 saturated carbocycles. The Hall–Kier alpha value is -1.65. The summed E-state index contributed by atoms with van der Waals surface area (Å²) in [6.45, 7) is 5.08. The zero-order valence-electron chi connectivity index (χ0n) is 13.1. The first-order chi connectivity index (χ1) is 10.8. The van der Waals surface area contributed by atoms with Crippen molar-refractivity contribution in [3.63, 3.8) is 0 Å². The molecular formula is C18H23N3O. The van der Waals surface area contributed by atoms with Crippen LogP contribution >= 0.6 is 0 Å². The molecule has 1 aliphatic heterocycles. The zero-order valence-corrected chi connectivity index (χ0v) is 13.1. The predicted octanol–water partition coefficient (Wildman–Crippen LogP) is 3.18. The lowest BCUT2D eigenvalue weighted by molar-refractivity contribution is -0.0814. The SMILES string of the molecule is CC1CN(Cc2ccccc2)CC(c2cnn(C3CC3)c2)O1. The van der Waals surface area contributed by atoms with Gasteiger partial charge in [0.15, 0.2) is 0 Å². The molecule has 0 N–H and O–H groups in total. The molecule has 1 aliphatic carbocycles. The van der Waals surface area contributed by atoms with Gasteiger partial charge in [0.1, 0.15) is 0 Å². The molecule has 4 nitrogen and oxygen atoms in total. The lowest BCUT2D eigenvalue weighted by Gasteiger charge is -2.36. The first kappa shape index (κ1) is 14.0. The van der Waals surface area contributed by atoms with Crippen molar-refractivity contribution in [1.29, 1.82) is 0 Å². The van der Waals surface area contributed by atoms with Crippen LogP contribution in [-0.2, 0) is 11.3 Å². The predicted molar refractivity (Wildman–Crippen MR) is 85.5 cm³/mol. The maximum absolute atomic E-state index is 6.16. The highest BCUT2D eigenvalue weighted by atomic mass is 16.5. The van der Waals surface area contributed by atoms with Crippen molar-refractivity contribution >= 4 is 0 Å². The van der Waals surface area contributed by atoms with Crippen LogP contribution in [-0.4, -0.2) is 33.9 Å². The van der Waals surface area contributed by atoms with E-state index in [4.69, 9.17) is 4.74 Å². The van der Waals surface area contributed by atoms with Gasteiger partial charge in [-0.15, -0.1) is 0 Å². The summed E-state index contributed by atoms with van der Waals surface area (Å²) in [5.74, 6) is 0. The summed E-state index contributed by atoms with van der Waals surface area (Å²) in [7, 11) is 0. The Balaban J connectivity index is 1.46. The van der Waals surface area contributed by atoms with Crippen LogP contribution in [0.15, 0.2) is 42.7 Å². The van der Waals surface area contributed by atoms with Crippen LogP contribution in [0.1, 0.15) is 43.0 Å². The molecule has 4 rings (SSSR count). The van der Waals surface area contributed by atoms with Gasteiger partial charge in [0.25, 0.3) is 0 Å². The highest BCUT2D eigenvalue weighted by Gasteiger charge is 2.29. The Morgan fingerprint density at radius 1 is 1.18 bits per heavy atom. The molecular weight excluding hydrogens is 274 g/mol. The van der Waals surface area contributed by atoms with Crippen LogP contribution in [0.3, 0.4) is 0 Å². The molecule has 2 heterocycles. The number of nitrogens with zero attached hydrogens (tertiary/aromatic N) is 3. The molecule has 4 heteroatoms. The molecule has 2 fully saturated rings. The monoisotopic (exact) mass is 297 g/mol. The molecule has 2 aromatic rings. The van der Waals surface area contributed by atoms with Crippen LogP contribution in [0.5, 0.6) is 0 Å². The van der Waals surface area contributed by atoms with E-state index in [1.165, 1.54) is 24.0 Å². The smallest absolute Gasteiger partial charge is 0.0986 e. The highest BCUT2D eigenvalue weighted by Crippen LogP contribution is 2.35. The molecule has 22 heavy (non-hydrogen) atoms. The van der Waals surface area contributed by atoms with E-state index >= 15 is 0 Å². The number of hydrogen-bond acceptors (Lipinski definition) is 3. The van der Waals surface area contributed by atoms with Crippen LogP contribution in [0.2, 0.25) is 0 Å². The minimum absolute atomic E-state index is 0.139. The molecule has 116 valence electrons. The van der Waals surface area contributed by atoms with Gasteiger partial charge in [-0.2, -0.15) is 5.10 Å². The second-order valence-corrected chi connectivity index (χ2v) is 6.60. The van der Waals surface area contributed by atoms with Gasteiger partial charge in [-0.25, -0.2) is 0 Å². The molecule has 1 aromatic heterocycles. The Kier molecular flexibility index (Phi) is 3.72. The second-order valence-electron chi connectivity index (χ2n) is 6.60. The summed E-state index contributed by atoms with van der Waals surface area (Å²) in [4.78, 5) is 2.49. The molecule has 2 atom stereocenters. The summed E-state index contributed by atoms with van der Waals surface area (Å²) >= 11 is 0. The minimum atomic E-state index is 0.139. The van der Waals surface area contributed by atoms with E-state index in [2.05, 4.69) is 58.1 Å². The topological polar surface area (TPSA) is 30.3 Å². The van der Waals surface area contributed by atoms with Crippen molar-refractivity contribution < 1.29 is 4.74 Å². The van der Waals surface area contributed by atoms with E-state index in [1.54, 1.807) is 0 Å². The fourth-order valence-corrected chi connectivity index (χ4v) is 3.25. The lowest BCUT2D eigenvalue weighted by atomic mass is 10.1. The van der Waals surface area contributed by atoms with Gasteiger partial charge in [-0.05, 0) is 25.3 Å². The van der Waals surface area contributed by atoms with Gasteiger partial charge in [0.2, 0.25) is 0 Å². The number of hydrogen-bond donors (Lipinski definition) is 0. The van der Waals surface area contributed by atoms with Gasteiger partial charge >= 0.3 is 0 Å². The Morgan fingerprint density at radius 2 is 2.00 bits per heavy atom. The van der Waals surface area contributed by atoms with Crippen LogP contribution in [0.25, 0.3) is 0 Å². The van der Waals surface area contributed by atoms with Gasteiger partial charge in [-0.1, -0.05) is 30.3 Å². The van der Waals surface area contributed by atoms with E-state index in [0.717, 1.165) is 19.6 Å². The van der Waals surface area contributed by atoms with Crippen molar-refractivity contribution in [3.8, 4) is 0 Å². The van der Waals surface area contributed by atoms with Gasteiger partial charge < -0.3 is 4.74 Å². The average molecular weight is 297 g/mol. The number of aromatic nitrogens is 2. The maximum Gasteiger partial charge on any atom is 0.0986 e. The molecule has 0 bridgehead atoms. The highest BCUT2D eigenvalue weighted by molar-refractivity contribution is 5.16. The first-order valence-corrected chi connectivity index (χ1v) is 8.24. The van der Waals surface area contributed by atoms with E-state index in [9.17, 15) is 0 Å². The molecule has 2 aliphatic rings. The summed E-state index contributed by atoms with van der Waals surface area (Å²) in [5, 5.41) is 4.51. The van der Waals surface area contributed by atoms with Crippen molar-refractivity contribution in [2.45, 2.75) is 44.6 Å². The van der Waals surface area contributed by atoms with E-state index < -0.39 is 0 Å². The third kappa shape index (κ3) is 3.08. The number of morpholine rings is 1. The van der Waals surface area contributed by atoms with E-state index in [1.807, 2.05) is 6.20 Å². The maximum atomic E-state index is 6.16. The number of rotatable bonds is 4. The summed E-state index contributed by atoms with van der Waals surface area (Å²) in [5.41, 5.74) is 2.58. The Labute approximate surface area is 131 Å². The molecule has 1 aromatic carbocycles. The molecule has 0 radical (unpaired) electrons. The largest absolute Gasteiger partial charge is 0.368 e. The Bertz CT molecular complexity index is 620. The van der Waals surface area contributed by atoms with Crippen LogP contribution in [0, 0.1) is 0 Å². The summed E-state index contributed by atoms with van der Waals surface area (Å²) in [6.07, 6.45) is 7.10. The van der Waals surface area contributed by atoms with Crippen molar-refractivity contribution in [1.82, 2.24) is 14.7 Å². The summed E-state index contributed by atoms with van der Waals surface area (Å²) < 4.78 is 8.27. The second kappa shape index (κ2) is 5.86. The molecule has 2 unspecified atom stereocenters. The quantitative estimate of drug-likeness (QED) is 0.868. The Morgan fingerprint density at radius 3 is 2.77 bits per heavy atom. The van der Waals surface area contributed by atoms with Crippen molar-refractivity contribution in [2.24, 2.45) is 0 Å². The molecule has 0 amide bonds. The third-order valence-electron chi connectivity index (χ3n) is 4.50. The summed E-state index contributed by atoms with van der Waals surface area (Å²) in [6, 6.07) is 11.3. The fraction of sp³-hybridized carbons (Fsp3) is 0.500. The van der Waals surface area contributed by atoms with Crippen molar-refractivity contribution in [3.05, 3.63) is 53.9 Å². The first-order valence-electron chi connectivity index (χ1n) is 8.24. The standard InChI is InChI=1S/C18H23N3O/c1-14-10-20(11-15-5-3-2-4-6-15)13-18(22-14)16-9-19-21(12-16)17-7-8-17/h2-6,9,12,14,17-18H,7-8,10-11,13H2,1H3. The minimum Gasteiger partial charge on any atom is -0.368 e. The number of benzene rings is 1. The fourth-order valence-electron chi connectivity index (χ4n) is 3.25. The van der Waals surface area contributed by atoms with Gasteiger partial charge in [0, 0.05) is 31.4 Å². The van der Waals surface area contributed by atoms with E-state index in [-0.39, 0.29) is 12.2 Å². The normalized spacial score (nSPS) is 26.2. The van der Waals surface area contributed by atoms with Crippen LogP contribution in [0.4, 0.5) is 0 Å². The van der Waals surface area contributed by atoms with Crippen molar-refractivity contribution in [2.75, 3.05) is 13.1 Å². The molecule has 1 saturated heterocycles.